The van der Waals surface area contributed by atoms with Crippen LogP contribution in [0.5, 0.6) is 0 Å². The van der Waals surface area contributed by atoms with Crippen LogP contribution >= 0.6 is 0 Å². The van der Waals surface area contributed by atoms with Crippen molar-refractivity contribution in [1.29, 1.82) is 0 Å². The van der Waals surface area contributed by atoms with E-state index in [2.05, 4.69) is 10.6 Å². The number of carbonyl (C=O) groups is 2. The van der Waals surface area contributed by atoms with Gasteiger partial charge in [0.1, 0.15) is 0 Å². The van der Waals surface area contributed by atoms with Crippen molar-refractivity contribution in [1.82, 2.24) is 5.32 Å². The Bertz CT molecular complexity index is 499. The second-order valence-electron chi connectivity index (χ2n) is 4.57. The van der Waals surface area contributed by atoms with Crippen LogP contribution < -0.4 is 15.5 Å². The highest BCUT2D eigenvalue weighted by Gasteiger charge is 2.28. The third-order valence-electron chi connectivity index (χ3n) is 3.30. The van der Waals surface area contributed by atoms with E-state index in [0.717, 1.165) is 16.9 Å². The number of benzene rings is 1. The minimum Gasteiger partial charge on any atom is -0.388 e. The van der Waals surface area contributed by atoms with Crippen LogP contribution in [0, 0.1) is 0 Å². The molecule has 0 spiro atoms. The van der Waals surface area contributed by atoms with Gasteiger partial charge in [0.15, 0.2) is 0 Å². The van der Waals surface area contributed by atoms with Crippen LogP contribution in [0.1, 0.15) is 18.4 Å². The molecule has 0 fully saturated rings. The van der Waals surface area contributed by atoms with Crippen molar-refractivity contribution in [2.75, 3.05) is 30.9 Å². The van der Waals surface area contributed by atoms with Gasteiger partial charge >= 0.3 is 0 Å². The second-order valence-corrected chi connectivity index (χ2v) is 4.57. The molecule has 2 amide bonds. The topological polar surface area (TPSA) is 61.4 Å². The molecule has 1 aromatic rings. The molecule has 0 saturated heterocycles. The van der Waals surface area contributed by atoms with Gasteiger partial charge in [-0.3, -0.25) is 14.5 Å². The predicted molar refractivity (Wildman–Crippen MR) is 75.3 cm³/mol. The molecule has 1 aromatic carbocycles. The lowest BCUT2D eigenvalue weighted by atomic mass is 10.00. The van der Waals surface area contributed by atoms with Crippen molar-refractivity contribution >= 4 is 23.2 Å². The van der Waals surface area contributed by atoms with Crippen molar-refractivity contribution in [3.63, 3.8) is 0 Å². The Kier molecular flexibility index (Phi) is 4.16. The van der Waals surface area contributed by atoms with E-state index >= 15 is 0 Å². The molecular weight excluding hydrogens is 242 g/mol. The van der Waals surface area contributed by atoms with Crippen LogP contribution in [0.2, 0.25) is 0 Å². The van der Waals surface area contributed by atoms with E-state index in [1.165, 1.54) is 4.90 Å². The maximum Gasteiger partial charge on any atom is 0.235 e. The SMILES string of the molecule is CNCCC(=O)N1C(=O)CCc2cc(NC)ccc21. The fourth-order valence-electron chi connectivity index (χ4n) is 2.26. The first-order chi connectivity index (χ1) is 9.17. The van der Waals surface area contributed by atoms with Crippen LogP contribution in [0.4, 0.5) is 11.4 Å². The Morgan fingerprint density at radius 2 is 2.11 bits per heavy atom. The number of nitrogens with one attached hydrogen (secondary N) is 2. The third-order valence-corrected chi connectivity index (χ3v) is 3.30. The Balaban J connectivity index is 2.30. The van der Waals surface area contributed by atoms with E-state index in [-0.39, 0.29) is 11.8 Å². The largest absolute Gasteiger partial charge is 0.388 e. The fraction of sp³-hybridized carbons (Fsp3) is 0.429. The third kappa shape index (κ3) is 2.76. The molecule has 5 heteroatoms. The number of rotatable bonds is 4. The van der Waals surface area contributed by atoms with Crippen molar-refractivity contribution < 1.29 is 9.59 Å². The van der Waals surface area contributed by atoms with Crippen LogP contribution in [-0.2, 0) is 16.0 Å². The Morgan fingerprint density at radius 3 is 2.79 bits per heavy atom. The van der Waals surface area contributed by atoms with Crippen LogP contribution in [-0.4, -0.2) is 32.5 Å². The van der Waals surface area contributed by atoms with E-state index in [1.54, 1.807) is 7.05 Å². The number of nitrogens with zero attached hydrogens (tertiary/aromatic N) is 1. The van der Waals surface area contributed by atoms with Gasteiger partial charge in [0, 0.05) is 32.1 Å². The first-order valence-electron chi connectivity index (χ1n) is 6.48. The van der Waals surface area contributed by atoms with Gasteiger partial charge in [0.05, 0.1) is 5.69 Å². The summed E-state index contributed by atoms with van der Waals surface area (Å²) in [7, 11) is 3.64. The number of anilines is 2. The average molecular weight is 261 g/mol. The van der Waals surface area contributed by atoms with E-state index in [4.69, 9.17) is 0 Å². The number of fused-ring (bicyclic) bond motifs is 1. The van der Waals surface area contributed by atoms with E-state index in [1.807, 2.05) is 25.2 Å². The zero-order valence-corrected chi connectivity index (χ0v) is 11.3. The molecule has 0 unspecified atom stereocenters. The lowest BCUT2D eigenvalue weighted by Crippen LogP contribution is -2.41. The summed E-state index contributed by atoms with van der Waals surface area (Å²) < 4.78 is 0. The number of hydrogen-bond donors (Lipinski definition) is 2. The molecule has 0 bridgehead atoms. The van der Waals surface area contributed by atoms with Crippen molar-refractivity contribution in [3.8, 4) is 0 Å². The van der Waals surface area contributed by atoms with E-state index in [0.29, 0.717) is 25.8 Å². The molecule has 0 aliphatic carbocycles. The number of carbonyl (C=O) groups excluding carboxylic acids is 2. The maximum atomic E-state index is 12.1. The van der Waals surface area contributed by atoms with Crippen LogP contribution in [0.25, 0.3) is 0 Å². The average Bonchev–Trinajstić information content (AvgIpc) is 2.44. The molecule has 19 heavy (non-hydrogen) atoms. The zero-order valence-electron chi connectivity index (χ0n) is 11.3. The normalized spacial score (nSPS) is 14.2. The van der Waals surface area contributed by atoms with Gasteiger partial charge in [-0.05, 0) is 37.2 Å². The van der Waals surface area contributed by atoms with Crippen molar-refractivity contribution in [2.45, 2.75) is 19.3 Å². The summed E-state index contributed by atoms with van der Waals surface area (Å²) in [5.74, 6) is -0.247. The summed E-state index contributed by atoms with van der Waals surface area (Å²) in [5.41, 5.74) is 2.77. The molecule has 2 N–H and O–H groups in total. The molecule has 0 radical (unpaired) electrons. The van der Waals surface area contributed by atoms with E-state index < -0.39 is 0 Å². The highest BCUT2D eigenvalue weighted by Crippen LogP contribution is 2.30. The second kappa shape index (κ2) is 5.84. The maximum absolute atomic E-state index is 12.1. The summed E-state index contributed by atoms with van der Waals surface area (Å²) in [4.78, 5) is 25.4. The molecule has 1 aliphatic heterocycles. The molecular formula is C14H19N3O2. The summed E-state index contributed by atoms with van der Waals surface area (Å²) in [5, 5.41) is 5.99. The molecule has 1 aliphatic rings. The highest BCUT2D eigenvalue weighted by molar-refractivity contribution is 6.16. The lowest BCUT2D eigenvalue weighted by molar-refractivity contribution is -0.126. The van der Waals surface area contributed by atoms with Gasteiger partial charge in [-0.2, -0.15) is 0 Å². The smallest absolute Gasteiger partial charge is 0.235 e. The van der Waals surface area contributed by atoms with Gasteiger partial charge in [-0.1, -0.05) is 0 Å². The van der Waals surface area contributed by atoms with Gasteiger partial charge in [0.25, 0.3) is 0 Å². The Labute approximate surface area is 113 Å². The summed E-state index contributed by atoms with van der Waals surface area (Å²) in [6, 6.07) is 5.73. The minimum absolute atomic E-state index is 0.106. The molecule has 0 aromatic heterocycles. The highest BCUT2D eigenvalue weighted by atomic mass is 16.2. The fourth-order valence-corrected chi connectivity index (χ4v) is 2.26. The zero-order chi connectivity index (χ0) is 13.8. The molecule has 2 rings (SSSR count). The van der Waals surface area contributed by atoms with Crippen molar-refractivity contribution in [2.24, 2.45) is 0 Å². The standard InChI is InChI=1S/C14H19N3O2/c1-15-8-7-14(19)17-12-5-4-11(16-2)9-10(12)3-6-13(17)18/h4-5,9,15-16H,3,6-8H2,1-2H3. The Hall–Kier alpha value is -1.88. The summed E-state index contributed by atoms with van der Waals surface area (Å²) >= 11 is 0. The number of amides is 2. The van der Waals surface area contributed by atoms with Crippen LogP contribution in [0.3, 0.4) is 0 Å². The van der Waals surface area contributed by atoms with Crippen LogP contribution in [0.15, 0.2) is 18.2 Å². The van der Waals surface area contributed by atoms with Gasteiger partial charge in [-0.15, -0.1) is 0 Å². The monoisotopic (exact) mass is 261 g/mol. The lowest BCUT2D eigenvalue weighted by Gasteiger charge is -2.28. The van der Waals surface area contributed by atoms with Gasteiger partial charge < -0.3 is 10.6 Å². The number of imide groups is 1. The quantitative estimate of drug-likeness (QED) is 0.853. The number of hydrogen-bond acceptors (Lipinski definition) is 4. The molecule has 0 atom stereocenters. The number of aryl methyl sites for hydroxylation is 1. The molecule has 1 heterocycles. The van der Waals surface area contributed by atoms with E-state index in [9.17, 15) is 9.59 Å². The molecule has 0 saturated carbocycles. The van der Waals surface area contributed by atoms with Crippen molar-refractivity contribution in [3.05, 3.63) is 23.8 Å². The van der Waals surface area contributed by atoms with Gasteiger partial charge in [0.2, 0.25) is 11.8 Å². The minimum atomic E-state index is -0.141. The first kappa shape index (κ1) is 13.5. The summed E-state index contributed by atoms with van der Waals surface area (Å²) in [6.45, 7) is 0.576. The predicted octanol–water partition coefficient (Wildman–Crippen LogP) is 1.14. The summed E-state index contributed by atoms with van der Waals surface area (Å²) in [6.07, 6.45) is 1.42. The molecule has 102 valence electrons. The molecule has 5 nitrogen and oxygen atoms in total. The Morgan fingerprint density at radius 1 is 1.32 bits per heavy atom. The van der Waals surface area contributed by atoms with Gasteiger partial charge in [-0.25, -0.2) is 0 Å². The first-order valence-corrected chi connectivity index (χ1v) is 6.48.